The van der Waals surface area contributed by atoms with Gasteiger partial charge in [-0.3, -0.25) is 4.99 Å². The maximum absolute atomic E-state index is 4.05. The Kier molecular flexibility index (Phi) is 3.03. The molecule has 0 aromatic heterocycles. The summed E-state index contributed by atoms with van der Waals surface area (Å²) in [5.41, 5.74) is 3.96. The predicted octanol–water partition coefficient (Wildman–Crippen LogP) is 2.61. The van der Waals surface area contributed by atoms with Crippen molar-refractivity contribution in [3.63, 3.8) is 0 Å². The van der Waals surface area contributed by atoms with Crippen molar-refractivity contribution in [2.24, 2.45) is 4.99 Å². The molecule has 0 aliphatic rings. The third kappa shape index (κ3) is 1.73. The zero-order valence-corrected chi connectivity index (χ0v) is 7.96. The Balaban J connectivity index is 3.19. The average molecular weight is 161 g/mol. The van der Waals surface area contributed by atoms with Crippen LogP contribution < -0.4 is 0 Å². The fourth-order valence-electron chi connectivity index (χ4n) is 1.36. The third-order valence-electron chi connectivity index (χ3n) is 2.05. The van der Waals surface area contributed by atoms with Crippen LogP contribution in [0.1, 0.15) is 23.6 Å². The summed E-state index contributed by atoms with van der Waals surface area (Å²) >= 11 is 0. The van der Waals surface area contributed by atoms with Crippen LogP contribution in [0.25, 0.3) is 0 Å². The van der Waals surface area contributed by atoms with Gasteiger partial charge >= 0.3 is 0 Å². The van der Waals surface area contributed by atoms with Crippen molar-refractivity contribution in [3.05, 3.63) is 34.9 Å². The standard InChI is InChI=1S/C11H15N/c1-4-10-7-5-6-9(2)11(10)8-12-3/h5-8H,4H2,1-3H3. The first-order chi connectivity index (χ1) is 5.79. The molecule has 0 N–H and O–H groups in total. The first-order valence-corrected chi connectivity index (χ1v) is 4.30. The number of hydrogen-bond donors (Lipinski definition) is 0. The summed E-state index contributed by atoms with van der Waals surface area (Å²) in [6.07, 6.45) is 3.01. The third-order valence-corrected chi connectivity index (χ3v) is 2.05. The maximum Gasteiger partial charge on any atom is 0.0286 e. The molecular weight excluding hydrogens is 146 g/mol. The van der Waals surface area contributed by atoms with Gasteiger partial charge in [0, 0.05) is 13.3 Å². The fraction of sp³-hybridized carbons (Fsp3) is 0.364. The molecule has 0 fully saturated rings. The Hall–Kier alpha value is -1.11. The number of nitrogens with zero attached hydrogens (tertiary/aromatic N) is 1. The lowest BCUT2D eigenvalue weighted by Gasteiger charge is -2.05. The van der Waals surface area contributed by atoms with Gasteiger partial charge in [-0.2, -0.15) is 0 Å². The van der Waals surface area contributed by atoms with E-state index in [1.807, 2.05) is 13.3 Å². The van der Waals surface area contributed by atoms with Gasteiger partial charge in [0.25, 0.3) is 0 Å². The highest BCUT2D eigenvalue weighted by atomic mass is 14.6. The molecule has 1 aromatic rings. The zero-order valence-electron chi connectivity index (χ0n) is 7.96. The maximum atomic E-state index is 4.05. The molecule has 0 spiro atoms. The predicted molar refractivity (Wildman–Crippen MR) is 54.1 cm³/mol. The van der Waals surface area contributed by atoms with Crippen molar-refractivity contribution >= 4 is 6.21 Å². The second kappa shape index (κ2) is 4.05. The van der Waals surface area contributed by atoms with Gasteiger partial charge in [0.2, 0.25) is 0 Å². The van der Waals surface area contributed by atoms with E-state index in [1.54, 1.807) is 0 Å². The van der Waals surface area contributed by atoms with Crippen molar-refractivity contribution in [2.75, 3.05) is 7.05 Å². The second-order valence-corrected chi connectivity index (χ2v) is 2.89. The largest absolute Gasteiger partial charge is 0.296 e. The van der Waals surface area contributed by atoms with E-state index in [9.17, 15) is 0 Å². The molecule has 0 heterocycles. The fourth-order valence-corrected chi connectivity index (χ4v) is 1.36. The molecule has 0 aliphatic carbocycles. The molecule has 64 valence electrons. The van der Waals surface area contributed by atoms with Crippen LogP contribution in [0.4, 0.5) is 0 Å². The van der Waals surface area contributed by atoms with Gasteiger partial charge in [0.05, 0.1) is 0 Å². The van der Waals surface area contributed by atoms with Gasteiger partial charge in [-0.15, -0.1) is 0 Å². The molecule has 1 rings (SSSR count). The van der Waals surface area contributed by atoms with Crippen molar-refractivity contribution in [1.82, 2.24) is 0 Å². The lowest BCUT2D eigenvalue weighted by Crippen LogP contribution is -1.94. The molecule has 0 saturated heterocycles. The van der Waals surface area contributed by atoms with Gasteiger partial charge in [-0.05, 0) is 30.0 Å². The summed E-state index contributed by atoms with van der Waals surface area (Å²) < 4.78 is 0. The minimum absolute atomic E-state index is 1.07. The lowest BCUT2D eigenvalue weighted by atomic mass is 10.0. The van der Waals surface area contributed by atoms with Gasteiger partial charge in [0.15, 0.2) is 0 Å². The Morgan fingerprint density at radius 2 is 2.17 bits per heavy atom. The van der Waals surface area contributed by atoms with Crippen LogP contribution in [0.3, 0.4) is 0 Å². The Morgan fingerprint density at radius 1 is 1.42 bits per heavy atom. The zero-order chi connectivity index (χ0) is 8.97. The lowest BCUT2D eigenvalue weighted by molar-refractivity contribution is 1.12. The van der Waals surface area contributed by atoms with Gasteiger partial charge < -0.3 is 0 Å². The van der Waals surface area contributed by atoms with E-state index in [0.717, 1.165) is 6.42 Å². The van der Waals surface area contributed by atoms with Crippen LogP contribution in [0.2, 0.25) is 0 Å². The van der Waals surface area contributed by atoms with Gasteiger partial charge in [-0.25, -0.2) is 0 Å². The van der Waals surface area contributed by atoms with Crippen molar-refractivity contribution in [2.45, 2.75) is 20.3 Å². The number of aryl methyl sites for hydroxylation is 2. The quantitative estimate of drug-likeness (QED) is 0.591. The molecule has 1 nitrogen and oxygen atoms in total. The van der Waals surface area contributed by atoms with Crippen LogP contribution in [0.5, 0.6) is 0 Å². The summed E-state index contributed by atoms with van der Waals surface area (Å²) in [6, 6.07) is 6.38. The molecule has 0 aliphatic heterocycles. The summed E-state index contributed by atoms with van der Waals surface area (Å²) in [5, 5.41) is 0. The number of benzene rings is 1. The highest BCUT2D eigenvalue weighted by Crippen LogP contribution is 2.12. The van der Waals surface area contributed by atoms with E-state index in [1.165, 1.54) is 16.7 Å². The van der Waals surface area contributed by atoms with E-state index in [2.05, 4.69) is 37.0 Å². The number of hydrogen-bond acceptors (Lipinski definition) is 1. The van der Waals surface area contributed by atoms with Crippen molar-refractivity contribution in [1.29, 1.82) is 0 Å². The second-order valence-electron chi connectivity index (χ2n) is 2.89. The van der Waals surface area contributed by atoms with Crippen molar-refractivity contribution < 1.29 is 0 Å². The SMILES string of the molecule is CCc1cccc(C)c1C=NC. The summed E-state index contributed by atoms with van der Waals surface area (Å²) in [6.45, 7) is 4.29. The van der Waals surface area contributed by atoms with E-state index in [-0.39, 0.29) is 0 Å². The highest BCUT2D eigenvalue weighted by Gasteiger charge is 1.99. The normalized spacial score (nSPS) is 10.9. The Morgan fingerprint density at radius 3 is 2.75 bits per heavy atom. The monoisotopic (exact) mass is 161 g/mol. The molecule has 1 heteroatoms. The summed E-state index contributed by atoms with van der Waals surface area (Å²) in [7, 11) is 1.81. The summed E-state index contributed by atoms with van der Waals surface area (Å²) in [5.74, 6) is 0. The minimum atomic E-state index is 1.07. The molecular formula is C11H15N. The smallest absolute Gasteiger partial charge is 0.0286 e. The number of aliphatic imine (C=N–C) groups is 1. The van der Waals surface area contributed by atoms with E-state index < -0.39 is 0 Å². The van der Waals surface area contributed by atoms with E-state index in [4.69, 9.17) is 0 Å². The molecule has 0 radical (unpaired) electrons. The number of rotatable bonds is 2. The molecule has 0 amide bonds. The van der Waals surface area contributed by atoms with Gasteiger partial charge in [-0.1, -0.05) is 25.1 Å². The first-order valence-electron chi connectivity index (χ1n) is 4.30. The Bertz CT molecular complexity index is 287. The first kappa shape index (κ1) is 8.98. The molecule has 0 saturated carbocycles. The molecule has 0 atom stereocenters. The van der Waals surface area contributed by atoms with Crippen LogP contribution >= 0.6 is 0 Å². The highest BCUT2D eigenvalue weighted by molar-refractivity contribution is 5.83. The van der Waals surface area contributed by atoms with Crippen LogP contribution in [-0.2, 0) is 6.42 Å². The van der Waals surface area contributed by atoms with Crippen LogP contribution in [0.15, 0.2) is 23.2 Å². The molecule has 0 bridgehead atoms. The van der Waals surface area contributed by atoms with Crippen LogP contribution in [-0.4, -0.2) is 13.3 Å². The van der Waals surface area contributed by atoms with Gasteiger partial charge in [0.1, 0.15) is 0 Å². The molecule has 12 heavy (non-hydrogen) atoms. The topological polar surface area (TPSA) is 12.4 Å². The average Bonchev–Trinajstić information content (AvgIpc) is 2.09. The van der Waals surface area contributed by atoms with Crippen molar-refractivity contribution in [3.8, 4) is 0 Å². The molecule has 1 aromatic carbocycles. The minimum Gasteiger partial charge on any atom is -0.296 e. The Labute approximate surface area is 74.2 Å². The van der Waals surface area contributed by atoms with E-state index >= 15 is 0 Å². The van der Waals surface area contributed by atoms with Crippen LogP contribution in [0, 0.1) is 6.92 Å². The summed E-state index contributed by atoms with van der Waals surface area (Å²) in [4.78, 5) is 4.05. The van der Waals surface area contributed by atoms with E-state index in [0.29, 0.717) is 0 Å². The molecule has 0 unspecified atom stereocenters.